The molecule has 10 heteroatoms. The van der Waals surface area contributed by atoms with E-state index in [4.69, 9.17) is 9.84 Å². The number of nitro groups is 1. The molecule has 0 bridgehead atoms. The number of ether oxygens (including phenoxy) is 1. The highest BCUT2D eigenvalue weighted by Crippen LogP contribution is 2.32. The van der Waals surface area contributed by atoms with E-state index in [1.54, 1.807) is 0 Å². The molecule has 112 valence electrons. The van der Waals surface area contributed by atoms with Crippen LogP contribution in [0.4, 0.5) is 5.69 Å². The van der Waals surface area contributed by atoms with Crippen molar-refractivity contribution in [2.24, 2.45) is 0 Å². The Bertz CT molecular complexity index is 688. The fourth-order valence-corrected chi connectivity index (χ4v) is 2.28. The summed E-state index contributed by atoms with van der Waals surface area (Å²) in [4.78, 5) is 14.3. The molecule has 2 aromatic heterocycles. The van der Waals surface area contributed by atoms with E-state index in [-0.39, 0.29) is 17.2 Å². The van der Waals surface area contributed by atoms with Gasteiger partial charge in [0.25, 0.3) is 0 Å². The standard InChI is InChI=1S/C11H12N4O6/c16-4-6-7(17)8(18)9(21-6)10-12-11-5(15(19)20)2-1-3-14(11)13-10/h1-3,6-9,16-18H,4H2/t6-,7-,8-,9-/m1/s1. The Hall–Kier alpha value is -2.14. The maximum absolute atomic E-state index is 10.9. The van der Waals surface area contributed by atoms with E-state index in [2.05, 4.69) is 10.1 Å². The van der Waals surface area contributed by atoms with Crippen LogP contribution in [0, 0.1) is 10.1 Å². The minimum absolute atomic E-state index is 0.00630. The molecule has 0 spiro atoms. The maximum Gasteiger partial charge on any atom is 0.313 e. The highest BCUT2D eigenvalue weighted by Gasteiger charge is 2.45. The fourth-order valence-electron chi connectivity index (χ4n) is 2.28. The first-order valence-electron chi connectivity index (χ1n) is 6.15. The van der Waals surface area contributed by atoms with Crippen LogP contribution in [0.3, 0.4) is 0 Å². The SMILES string of the molecule is O=[N+]([O-])c1cccn2nc([C@@H]3O[C@H](CO)[C@@H](O)[C@H]3O)nc12. The molecule has 1 aliphatic rings. The Kier molecular flexibility index (Phi) is 3.29. The normalized spacial score (nSPS) is 29.1. The minimum atomic E-state index is -1.32. The Morgan fingerprint density at radius 1 is 1.43 bits per heavy atom. The molecule has 1 aliphatic heterocycles. The average Bonchev–Trinajstić information content (AvgIpc) is 3.01. The molecule has 0 unspecified atom stereocenters. The van der Waals surface area contributed by atoms with Gasteiger partial charge in [0.2, 0.25) is 5.65 Å². The molecule has 0 saturated carbocycles. The van der Waals surface area contributed by atoms with Gasteiger partial charge in [-0.15, -0.1) is 5.10 Å². The summed E-state index contributed by atoms with van der Waals surface area (Å²) >= 11 is 0. The second kappa shape index (κ2) is 5.00. The van der Waals surface area contributed by atoms with Gasteiger partial charge in [0.15, 0.2) is 5.82 Å². The molecule has 3 heterocycles. The third-order valence-corrected chi connectivity index (χ3v) is 3.35. The quantitative estimate of drug-likeness (QED) is 0.473. The molecule has 0 aromatic carbocycles. The molecule has 10 nitrogen and oxygen atoms in total. The van der Waals surface area contributed by atoms with Crippen LogP contribution in [-0.4, -0.2) is 59.8 Å². The lowest BCUT2D eigenvalue weighted by Crippen LogP contribution is -2.32. The number of fused-ring (bicyclic) bond motifs is 1. The zero-order valence-electron chi connectivity index (χ0n) is 10.6. The molecule has 2 aromatic rings. The van der Waals surface area contributed by atoms with Gasteiger partial charge in [0.05, 0.1) is 11.5 Å². The van der Waals surface area contributed by atoms with Crippen LogP contribution in [0.2, 0.25) is 0 Å². The van der Waals surface area contributed by atoms with Gasteiger partial charge in [-0.05, 0) is 6.07 Å². The molecule has 1 fully saturated rings. The highest BCUT2D eigenvalue weighted by atomic mass is 16.6. The van der Waals surface area contributed by atoms with Gasteiger partial charge in [0.1, 0.15) is 24.4 Å². The summed E-state index contributed by atoms with van der Waals surface area (Å²) in [6.07, 6.45) is -3.14. The summed E-state index contributed by atoms with van der Waals surface area (Å²) < 4.78 is 6.49. The van der Waals surface area contributed by atoms with E-state index in [0.29, 0.717) is 0 Å². The van der Waals surface area contributed by atoms with Crippen LogP contribution in [0.1, 0.15) is 11.9 Å². The number of pyridine rings is 1. The zero-order valence-corrected chi connectivity index (χ0v) is 10.6. The monoisotopic (exact) mass is 296 g/mol. The first kappa shape index (κ1) is 13.8. The molecule has 3 rings (SSSR count). The van der Waals surface area contributed by atoms with E-state index < -0.39 is 35.9 Å². The number of hydrogen-bond donors (Lipinski definition) is 3. The Morgan fingerprint density at radius 2 is 2.19 bits per heavy atom. The lowest BCUT2D eigenvalue weighted by Gasteiger charge is -2.10. The average molecular weight is 296 g/mol. The van der Waals surface area contributed by atoms with E-state index >= 15 is 0 Å². The second-order valence-corrected chi connectivity index (χ2v) is 4.65. The summed E-state index contributed by atoms with van der Waals surface area (Å²) in [5, 5.41) is 43.6. The lowest BCUT2D eigenvalue weighted by atomic mass is 10.1. The van der Waals surface area contributed by atoms with Crippen molar-refractivity contribution in [3.63, 3.8) is 0 Å². The third-order valence-electron chi connectivity index (χ3n) is 3.35. The van der Waals surface area contributed by atoms with Gasteiger partial charge in [-0.25, -0.2) is 9.50 Å². The van der Waals surface area contributed by atoms with Gasteiger partial charge >= 0.3 is 5.69 Å². The smallest absolute Gasteiger partial charge is 0.313 e. The maximum atomic E-state index is 10.9. The molecule has 3 N–H and O–H groups in total. The van der Waals surface area contributed by atoms with Crippen molar-refractivity contribution in [3.05, 3.63) is 34.3 Å². The number of aliphatic hydroxyl groups excluding tert-OH is 3. The van der Waals surface area contributed by atoms with Crippen LogP contribution in [-0.2, 0) is 4.74 Å². The number of aliphatic hydroxyl groups is 3. The summed E-state index contributed by atoms with van der Waals surface area (Å²) in [7, 11) is 0. The van der Waals surface area contributed by atoms with Gasteiger partial charge < -0.3 is 20.1 Å². The van der Waals surface area contributed by atoms with E-state index in [9.17, 15) is 20.3 Å². The number of hydrogen-bond acceptors (Lipinski definition) is 8. The molecular formula is C11H12N4O6. The van der Waals surface area contributed by atoms with Crippen molar-refractivity contribution in [2.45, 2.75) is 24.4 Å². The van der Waals surface area contributed by atoms with Crippen molar-refractivity contribution in [1.29, 1.82) is 0 Å². The summed E-state index contributed by atoms with van der Waals surface area (Å²) in [6.45, 7) is -0.470. The van der Waals surface area contributed by atoms with Crippen LogP contribution in [0.15, 0.2) is 18.3 Å². The first-order chi connectivity index (χ1) is 10.0. The summed E-state index contributed by atoms with van der Waals surface area (Å²) in [5.74, 6) is 0.00630. The third kappa shape index (κ3) is 2.14. The molecule has 0 radical (unpaired) electrons. The van der Waals surface area contributed by atoms with Crippen molar-refractivity contribution in [2.75, 3.05) is 6.61 Å². The van der Waals surface area contributed by atoms with Gasteiger partial charge in [-0.3, -0.25) is 10.1 Å². The van der Waals surface area contributed by atoms with Crippen molar-refractivity contribution >= 4 is 11.3 Å². The number of nitrogens with zero attached hydrogens (tertiary/aromatic N) is 4. The van der Waals surface area contributed by atoms with Crippen LogP contribution < -0.4 is 0 Å². The topological polar surface area (TPSA) is 143 Å². The van der Waals surface area contributed by atoms with Crippen molar-refractivity contribution < 1.29 is 25.0 Å². The highest BCUT2D eigenvalue weighted by molar-refractivity contribution is 5.58. The first-order valence-corrected chi connectivity index (χ1v) is 6.15. The molecular weight excluding hydrogens is 284 g/mol. The van der Waals surface area contributed by atoms with Crippen molar-refractivity contribution in [1.82, 2.24) is 14.6 Å². The molecule has 21 heavy (non-hydrogen) atoms. The zero-order chi connectivity index (χ0) is 15.1. The largest absolute Gasteiger partial charge is 0.394 e. The predicted molar refractivity (Wildman–Crippen MR) is 66.4 cm³/mol. The van der Waals surface area contributed by atoms with E-state index in [1.165, 1.54) is 22.8 Å². The van der Waals surface area contributed by atoms with E-state index in [1.807, 2.05) is 0 Å². The number of aromatic nitrogens is 3. The van der Waals surface area contributed by atoms with E-state index in [0.717, 1.165) is 0 Å². The van der Waals surface area contributed by atoms with Crippen LogP contribution in [0.5, 0.6) is 0 Å². The minimum Gasteiger partial charge on any atom is -0.394 e. The van der Waals surface area contributed by atoms with Gasteiger partial charge in [-0.2, -0.15) is 0 Å². The molecule has 0 aliphatic carbocycles. The van der Waals surface area contributed by atoms with Crippen molar-refractivity contribution in [3.8, 4) is 0 Å². The van der Waals surface area contributed by atoms with Gasteiger partial charge in [0, 0.05) is 12.3 Å². The van der Waals surface area contributed by atoms with Crippen LogP contribution >= 0.6 is 0 Å². The molecule has 4 atom stereocenters. The summed E-state index contributed by atoms with van der Waals surface area (Å²) in [5.41, 5.74) is -0.224. The lowest BCUT2D eigenvalue weighted by molar-refractivity contribution is -0.383. The molecule has 1 saturated heterocycles. The Balaban J connectivity index is 2.02. The van der Waals surface area contributed by atoms with Gasteiger partial charge in [-0.1, -0.05) is 0 Å². The fraction of sp³-hybridized carbons (Fsp3) is 0.455. The van der Waals surface area contributed by atoms with Crippen LogP contribution in [0.25, 0.3) is 5.65 Å². The Morgan fingerprint density at radius 3 is 2.81 bits per heavy atom. The summed E-state index contributed by atoms with van der Waals surface area (Å²) in [6, 6.07) is 2.73. The molecule has 0 amide bonds. The predicted octanol–water partition coefficient (Wildman–Crippen LogP) is -1.21. The Labute approximate surface area is 117 Å². The second-order valence-electron chi connectivity index (χ2n) is 4.65. The number of rotatable bonds is 3.